The Balaban J connectivity index is 1.65. The summed E-state index contributed by atoms with van der Waals surface area (Å²) in [6.07, 6.45) is 2.15. The molecule has 0 aliphatic carbocycles. The molecule has 6 heteroatoms. The number of amides is 1. The standard InChI is InChI=1S/C25H31N3O2S/c1-6-7-15-30-20-13-11-19(12-14-20)23-24(28-25(4,5)27-23)31-16-22(29)26-21-10-8-9-17(2)18(21)3/h8-14H,6-7,15-16H2,1-5H3,(H,26,29). The van der Waals surface area contributed by atoms with E-state index in [4.69, 9.17) is 14.7 Å². The van der Waals surface area contributed by atoms with E-state index in [1.807, 2.05) is 70.2 Å². The van der Waals surface area contributed by atoms with Crippen LogP contribution in [0.25, 0.3) is 0 Å². The summed E-state index contributed by atoms with van der Waals surface area (Å²) < 4.78 is 5.76. The van der Waals surface area contributed by atoms with E-state index in [0.717, 1.165) is 58.3 Å². The first kappa shape index (κ1) is 23.1. The summed E-state index contributed by atoms with van der Waals surface area (Å²) in [5, 5.41) is 3.80. The predicted octanol–water partition coefficient (Wildman–Crippen LogP) is 5.79. The van der Waals surface area contributed by atoms with Crippen molar-refractivity contribution in [2.75, 3.05) is 17.7 Å². The Morgan fingerprint density at radius 1 is 1.10 bits per heavy atom. The second kappa shape index (κ2) is 10.1. The fourth-order valence-corrected chi connectivity index (χ4v) is 4.11. The Labute approximate surface area is 189 Å². The molecule has 1 heterocycles. The van der Waals surface area contributed by atoms with Gasteiger partial charge in [0.1, 0.15) is 16.5 Å². The number of hydrogen-bond donors (Lipinski definition) is 1. The first-order valence-corrected chi connectivity index (χ1v) is 11.7. The molecule has 0 saturated carbocycles. The highest BCUT2D eigenvalue weighted by atomic mass is 32.2. The van der Waals surface area contributed by atoms with Gasteiger partial charge in [-0.15, -0.1) is 0 Å². The van der Waals surface area contributed by atoms with Gasteiger partial charge in [0.2, 0.25) is 5.91 Å². The first-order valence-electron chi connectivity index (χ1n) is 10.7. The van der Waals surface area contributed by atoms with Crippen molar-refractivity contribution >= 4 is 34.1 Å². The van der Waals surface area contributed by atoms with Crippen LogP contribution < -0.4 is 10.1 Å². The number of ether oxygens (including phenoxy) is 1. The van der Waals surface area contributed by atoms with Gasteiger partial charge in [0, 0.05) is 11.3 Å². The summed E-state index contributed by atoms with van der Waals surface area (Å²) in [5.74, 6) is 1.08. The second-order valence-corrected chi connectivity index (χ2v) is 9.15. The third-order valence-electron chi connectivity index (χ3n) is 5.08. The van der Waals surface area contributed by atoms with Crippen molar-refractivity contribution in [3.8, 4) is 5.75 Å². The smallest absolute Gasteiger partial charge is 0.234 e. The van der Waals surface area contributed by atoms with Crippen LogP contribution in [-0.4, -0.2) is 34.7 Å². The minimum atomic E-state index is -0.530. The zero-order valence-corrected chi connectivity index (χ0v) is 19.8. The van der Waals surface area contributed by atoms with Crippen molar-refractivity contribution in [2.45, 2.75) is 53.1 Å². The van der Waals surface area contributed by atoms with E-state index >= 15 is 0 Å². The average Bonchev–Trinajstić information content (AvgIpc) is 3.05. The monoisotopic (exact) mass is 437 g/mol. The number of rotatable bonds is 8. The first-order chi connectivity index (χ1) is 14.8. The minimum Gasteiger partial charge on any atom is -0.494 e. The summed E-state index contributed by atoms with van der Waals surface area (Å²) in [4.78, 5) is 22.1. The highest BCUT2D eigenvalue weighted by Crippen LogP contribution is 2.28. The van der Waals surface area contributed by atoms with Crippen LogP contribution in [0.4, 0.5) is 5.69 Å². The molecule has 0 fully saturated rings. The number of nitrogens with zero attached hydrogens (tertiary/aromatic N) is 2. The van der Waals surface area contributed by atoms with E-state index in [9.17, 15) is 4.79 Å². The van der Waals surface area contributed by atoms with Crippen LogP contribution in [0.2, 0.25) is 0 Å². The molecule has 1 amide bonds. The summed E-state index contributed by atoms with van der Waals surface area (Å²) in [6, 6.07) is 13.9. The van der Waals surface area contributed by atoms with Gasteiger partial charge in [-0.1, -0.05) is 37.2 Å². The SMILES string of the molecule is CCCCOc1ccc(C2=NC(C)(C)N=C2SCC(=O)Nc2cccc(C)c2C)cc1. The van der Waals surface area contributed by atoms with Gasteiger partial charge < -0.3 is 10.1 Å². The number of nitrogens with one attached hydrogen (secondary N) is 1. The zero-order chi connectivity index (χ0) is 22.4. The third-order valence-corrected chi connectivity index (χ3v) is 6.04. The highest BCUT2D eigenvalue weighted by molar-refractivity contribution is 8.16. The lowest BCUT2D eigenvalue weighted by Crippen LogP contribution is -2.18. The van der Waals surface area contributed by atoms with E-state index < -0.39 is 5.66 Å². The maximum Gasteiger partial charge on any atom is 0.234 e. The van der Waals surface area contributed by atoms with Gasteiger partial charge in [0.25, 0.3) is 0 Å². The zero-order valence-electron chi connectivity index (χ0n) is 19.0. The fourth-order valence-electron chi connectivity index (χ4n) is 3.19. The summed E-state index contributed by atoms with van der Waals surface area (Å²) in [7, 11) is 0. The predicted molar refractivity (Wildman–Crippen MR) is 132 cm³/mol. The van der Waals surface area contributed by atoms with Crippen molar-refractivity contribution in [1.82, 2.24) is 0 Å². The number of hydrogen-bond acceptors (Lipinski definition) is 5. The number of aliphatic imine (C=N–C) groups is 2. The molecule has 1 aliphatic rings. The largest absolute Gasteiger partial charge is 0.494 e. The van der Waals surface area contributed by atoms with Gasteiger partial charge in [-0.3, -0.25) is 9.79 Å². The van der Waals surface area contributed by atoms with Crippen molar-refractivity contribution < 1.29 is 9.53 Å². The Hall–Kier alpha value is -2.60. The van der Waals surface area contributed by atoms with E-state index in [1.165, 1.54) is 11.8 Å². The number of anilines is 1. The van der Waals surface area contributed by atoms with Gasteiger partial charge in [0.15, 0.2) is 0 Å². The van der Waals surface area contributed by atoms with Crippen molar-refractivity contribution in [3.63, 3.8) is 0 Å². The fraction of sp³-hybridized carbons (Fsp3) is 0.400. The van der Waals surface area contributed by atoms with E-state index in [-0.39, 0.29) is 11.7 Å². The molecule has 164 valence electrons. The summed E-state index contributed by atoms with van der Waals surface area (Å²) in [5.41, 5.74) is 4.38. The summed E-state index contributed by atoms with van der Waals surface area (Å²) >= 11 is 1.42. The van der Waals surface area contributed by atoms with Crippen LogP contribution in [-0.2, 0) is 4.79 Å². The van der Waals surface area contributed by atoms with E-state index in [1.54, 1.807) is 0 Å². The van der Waals surface area contributed by atoms with Crippen LogP contribution in [0.1, 0.15) is 50.3 Å². The molecule has 0 saturated heterocycles. The molecular formula is C25H31N3O2S. The molecule has 31 heavy (non-hydrogen) atoms. The molecule has 5 nitrogen and oxygen atoms in total. The molecular weight excluding hydrogens is 406 g/mol. The van der Waals surface area contributed by atoms with Gasteiger partial charge in [0.05, 0.1) is 18.1 Å². The normalized spacial score (nSPS) is 14.7. The number of benzene rings is 2. The lowest BCUT2D eigenvalue weighted by molar-refractivity contribution is -0.113. The number of carbonyl (C=O) groups excluding carboxylic acids is 1. The molecule has 0 unspecified atom stereocenters. The van der Waals surface area contributed by atoms with Crippen molar-refractivity contribution in [3.05, 3.63) is 59.2 Å². The Bertz CT molecular complexity index is 994. The van der Waals surface area contributed by atoms with Crippen LogP contribution in [0.5, 0.6) is 5.75 Å². The van der Waals surface area contributed by atoms with Crippen LogP contribution in [0.15, 0.2) is 52.4 Å². The number of aryl methyl sites for hydroxylation is 1. The molecule has 3 rings (SSSR count). The quantitative estimate of drug-likeness (QED) is 0.532. The molecule has 2 aromatic carbocycles. The van der Waals surface area contributed by atoms with Crippen LogP contribution in [0.3, 0.4) is 0 Å². The van der Waals surface area contributed by atoms with Crippen LogP contribution >= 0.6 is 11.8 Å². The maximum absolute atomic E-state index is 12.6. The van der Waals surface area contributed by atoms with Gasteiger partial charge in [-0.25, -0.2) is 4.99 Å². The highest BCUT2D eigenvalue weighted by Gasteiger charge is 2.28. The lowest BCUT2D eigenvalue weighted by Gasteiger charge is -2.11. The van der Waals surface area contributed by atoms with Gasteiger partial charge in [-0.2, -0.15) is 0 Å². The Morgan fingerprint density at radius 2 is 1.84 bits per heavy atom. The van der Waals surface area contributed by atoms with Gasteiger partial charge in [-0.05, 0) is 75.6 Å². The minimum absolute atomic E-state index is 0.0508. The maximum atomic E-state index is 12.6. The van der Waals surface area contributed by atoms with Crippen molar-refractivity contribution in [1.29, 1.82) is 0 Å². The second-order valence-electron chi connectivity index (χ2n) is 8.18. The van der Waals surface area contributed by atoms with E-state index in [0.29, 0.717) is 0 Å². The average molecular weight is 438 g/mol. The Morgan fingerprint density at radius 3 is 2.55 bits per heavy atom. The Kier molecular flexibility index (Phi) is 7.55. The number of thioether (sulfide) groups is 1. The number of unbranched alkanes of at least 4 members (excludes halogenated alkanes) is 1. The molecule has 0 atom stereocenters. The molecule has 0 aromatic heterocycles. The number of carbonyl (C=O) groups is 1. The van der Waals surface area contributed by atoms with Gasteiger partial charge >= 0.3 is 0 Å². The third kappa shape index (κ3) is 6.20. The molecule has 0 radical (unpaired) electrons. The molecule has 0 bridgehead atoms. The topological polar surface area (TPSA) is 63.1 Å². The summed E-state index contributed by atoms with van der Waals surface area (Å²) in [6.45, 7) is 10.9. The molecule has 2 aromatic rings. The van der Waals surface area contributed by atoms with E-state index in [2.05, 4.69) is 12.2 Å². The van der Waals surface area contributed by atoms with Crippen LogP contribution in [0, 0.1) is 13.8 Å². The van der Waals surface area contributed by atoms with Crippen molar-refractivity contribution in [2.24, 2.45) is 9.98 Å². The molecule has 0 spiro atoms. The lowest BCUT2D eigenvalue weighted by atomic mass is 10.1. The molecule has 1 aliphatic heterocycles. The molecule has 1 N–H and O–H groups in total.